The quantitative estimate of drug-likeness (QED) is 0.594. The van der Waals surface area contributed by atoms with Crippen molar-refractivity contribution in [1.29, 1.82) is 5.41 Å². The van der Waals surface area contributed by atoms with Gasteiger partial charge in [-0.25, -0.2) is 0 Å². The van der Waals surface area contributed by atoms with E-state index in [1.807, 2.05) is 12.1 Å². The number of hydrogen-bond acceptors (Lipinski definition) is 1. The number of hydrogen-bond donors (Lipinski definition) is 2. The fourth-order valence-electron chi connectivity index (χ4n) is 2.39. The van der Waals surface area contributed by atoms with E-state index in [1.165, 1.54) is 11.1 Å². The van der Waals surface area contributed by atoms with Crippen LogP contribution < -0.4 is 5.73 Å². The van der Waals surface area contributed by atoms with Gasteiger partial charge in [0.05, 0.1) is 5.84 Å². The summed E-state index contributed by atoms with van der Waals surface area (Å²) in [6.45, 7) is 0. The van der Waals surface area contributed by atoms with Gasteiger partial charge in [0.1, 0.15) is 0 Å². The van der Waals surface area contributed by atoms with E-state index in [9.17, 15) is 0 Å². The standard InChI is InChI=1S/C17H20N2/c18-17(19)13-7-12-16(14-8-3-1-4-9-14)15-10-5-2-6-11-15/h1-6,8-11,16H,7,12-13H2,(H3,18,19). The Labute approximate surface area is 114 Å². The minimum absolute atomic E-state index is 0.278. The van der Waals surface area contributed by atoms with Crippen LogP contribution in [-0.2, 0) is 0 Å². The largest absolute Gasteiger partial charge is 0.388 e. The third-order valence-corrected chi connectivity index (χ3v) is 3.34. The molecule has 0 aliphatic carbocycles. The normalized spacial score (nSPS) is 10.6. The van der Waals surface area contributed by atoms with Crippen molar-refractivity contribution < 1.29 is 0 Å². The van der Waals surface area contributed by atoms with Crippen molar-refractivity contribution in [2.24, 2.45) is 5.73 Å². The maximum Gasteiger partial charge on any atom is 0.0905 e. The Balaban J connectivity index is 2.17. The average molecular weight is 252 g/mol. The van der Waals surface area contributed by atoms with Crippen LogP contribution in [0.4, 0.5) is 0 Å². The Morgan fingerprint density at radius 1 is 0.895 bits per heavy atom. The minimum atomic E-state index is 0.278. The predicted molar refractivity (Wildman–Crippen MR) is 80.5 cm³/mol. The summed E-state index contributed by atoms with van der Waals surface area (Å²) in [6, 6.07) is 21.1. The van der Waals surface area contributed by atoms with Crippen molar-refractivity contribution in [3.8, 4) is 0 Å². The summed E-state index contributed by atoms with van der Waals surface area (Å²) in [7, 11) is 0. The first-order valence-electron chi connectivity index (χ1n) is 6.70. The lowest BCUT2D eigenvalue weighted by Gasteiger charge is -2.18. The fourth-order valence-corrected chi connectivity index (χ4v) is 2.39. The summed E-state index contributed by atoms with van der Waals surface area (Å²) < 4.78 is 0. The second-order valence-corrected chi connectivity index (χ2v) is 4.79. The maximum absolute atomic E-state index is 7.33. The van der Waals surface area contributed by atoms with Gasteiger partial charge in [-0.2, -0.15) is 0 Å². The smallest absolute Gasteiger partial charge is 0.0905 e. The average Bonchev–Trinajstić information content (AvgIpc) is 2.45. The summed E-state index contributed by atoms with van der Waals surface area (Å²) in [6.07, 6.45) is 2.65. The fraction of sp³-hybridized carbons (Fsp3) is 0.235. The molecule has 0 amide bonds. The van der Waals surface area contributed by atoms with Crippen LogP contribution >= 0.6 is 0 Å². The highest BCUT2D eigenvalue weighted by atomic mass is 14.7. The van der Waals surface area contributed by atoms with Crippen molar-refractivity contribution in [2.75, 3.05) is 0 Å². The molecule has 98 valence electrons. The molecule has 0 unspecified atom stereocenters. The molecule has 2 aromatic rings. The molecular formula is C17H20N2. The van der Waals surface area contributed by atoms with Gasteiger partial charge in [0.15, 0.2) is 0 Å². The van der Waals surface area contributed by atoms with E-state index < -0.39 is 0 Å². The zero-order chi connectivity index (χ0) is 13.5. The second kappa shape index (κ2) is 6.74. The zero-order valence-corrected chi connectivity index (χ0v) is 11.0. The van der Waals surface area contributed by atoms with E-state index in [0.717, 1.165) is 12.8 Å². The van der Waals surface area contributed by atoms with Crippen molar-refractivity contribution in [1.82, 2.24) is 0 Å². The van der Waals surface area contributed by atoms with Crippen LogP contribution in [0.3, 0.4) is 0 Å². The Bertz CT molecular complexity index is 466. The lowest BCUT2D eigenvalue weighted by molar-refractivity contribution is 0.676. The minimum Gasteiger partial charge on any atom is -0.388 e. The van der Waals surface area contributed by atoms with Crippen LogP contribution in [0.5, 0.6) is 0 Å². The van der Waals surface area contributed by atoms with E-state index in [1.54, 1.807) is 0 Å². The highest BCUT2D eigenvalue weighted by molar-refractivity contribution is 5.76. The predicted octanol–water partition coefficient (Wildman–Crippen LogP) is 3.92. The van der Waals surface area contributed by atoms with Crippen molar-refractivity contribution in [3.63, 3.8) is 0 Å². The summed E-state index contributed by atoms with van der Waals surface area (Å²) in [4.78, 5) is 0. The molecule has 0 bridgehead atoms. The van der Waals surface area contributed by atoms with Crippen LogP contribution in [0, 0.1) is 5.41 Å². The number of amidine groups is 1. The molecule has 2 rings (SSSR count). The van der Waals surface area contributed by atoms with Gasteiger partial charge in [-0.05, 0) is 24.0 Å². The van der Waals surface area contributed by atoms with E-state index in [2.05, 4.69) is 48.5 Å². The molecule has 0 aromatic heterocycles. The molecule has 0 saturated heterocycles. The Morgan fingerprint density at radius 2 is 1.37 bits per heavy atom. The molecule has 0 radical (unpaired) electrons. The molecular weight excluding hydrogens is 232 g/mol. The van der Waals surface area contributed by atoms with E-state index in [0.29, 0.717) is 12.3 Å². The van der Waals surface area contributed by atoms with Crippen molar-refractivity contribution >= 4 is 5.84 Å². The van der Waals surface area contributed by atoms with Gasteiger partial charge in [-0.3, -0.25) is 5.41 Å². The van der Waals surface area contributed by atoms with Crippen LogP contribution in [0.15, 0.2) is 60.7 Å². The van der Waals surface area contributed by atoms with Gasteiger partial charge in [0.25, 0.3) is 0 Å². The third-order valence-electron chi connectivity index (χ3n) is 3.34. The lowest BCUT2D eigenvalue weighted by Crippen LogP contribution is -2.10. The molecule has 2 nitrogen and oxygen atoms in total. The van der Waals surface area contributed by atoms with Crippen LogP contribution in [0.1, 0.15) is 36.3 Å². The first kappa shape index (κ1) is 13.3. The number of rotatable bonds is 6. The molecule has 2 heteroatoms. The van der Waals surface area contributed by atoms with Gasteiger partial charge in [0.2, 0.25) is 0 Å². The Hall–Kier alpha value is -2.09. The van der Waals surface area contributed by atoms with Gasteiger partial charge < -0.3 is 5.73 Å². The summed E-state index contributed by atoms with van der Waals surface area (Å²) in [5.41, 5.74) is 8.10. The Kier molecular flexibility index (Phi) is 4.73. The summed E-state index contributed by atoms with van der Waals surface area (Å²) in [5, 5.41) is 7.33. The van der Waals surface area contributed by atoms with Gasteiger partial charge in [0, 0.05) is 12.3 Å². The molecule has 0 spiro atoms. The molecule has 0 aliphatic rings. The van der Waals surface area contributed by atoms with E-state index >= 15 is 0 Å². The molecule has 0 saturated carbocycles. The molecule has 3 N–H and O–H groups in total. The van der Waals surface area contributed by atoms with Crippen LogP contribution in [0.25, 0.3) is 0 Å². The van der Waals surface area contributed by atoms with Crippen molar-refractivity contribution in [2.45, 2.75) is 25.2 Å². The first-order chi connectivity index (χ1) is 9.27. The number of nitrogens with one attached hydrogen (secondary N) is 1. The topological polar surface area (TPSA) is 49.9 Å². The maximum atomic E-state index is 7.33. The Morgan fingerprint density at radius 3 is 1.79 bits per heavy atom. The first-order valence-corrected chi connectivity index (χ1v) is 6.70. The molecule has 2 aromatic carbocycles. The van der Waals surface area contributed by atoms with Gasteiger partial charge >= 0.3 is 0 Å². The van der Waals surface area contributed by atoms with Crippen LogP contribution in [0.2, 0.25) is 0 Å². The van der Waals surface area contributed by atoms with E-state index in [-0.39, 0.29) is 5.84 Å². The number of benzene rings is 2. The monoisotopic (exact) mass is 252 g/mol. The van der Waals surface area contributed by atoms with E-state index in [4.69, 9.17) is 11.1 Å². The molecule has 19 heavy (non-hydrogen) atoms. The highest BCUT2D eigenvalue weighted by Gasteiger charge is 2.13. The molecule has 0 aliphatic heterocycles. The SMILES string of the molecule is N=C(N)CCCC(c1ccccc1)c1ccccc1. The van der Waals surface area contributed by atoms with Gasteiger partial charge in [-0.15, -0.1) is 0 Å². The number of nitrogens with two attached hydrogens (primary N) is 1. The summed E-state index contributed by atoms with van der Waals surface area (Å²) in [5.74, 6) is 0.668. The van der Waals surface area contributed by atoms with Crippen molar-refractivity contribution in [3.05, 3.63) is 71.8 Å². The zero-order valence-electron chi connectivity index (χ0n) is 11.0. The lowest BCUT2D eigenvalue weighted by atomic mass is 9.87. The highest BCUT2D eigenvalue weighted by Crippen LogP contribution is 2.29. The molecule has 0 fully saturated rings. The molecule has 0 heterocycles. The van der Waals surface area contributed by atoms with Crippen LogP contribution in [-0.4, -0.2) is 5.84 Å². The summed E-state index contributed by atoms with van der Waals surface area (Å²) >= 11 is 0. The third kappa shape index (κ3) is 3.95. The second-order valence-electron chi connectivity index (χ2n) is 4.79. The van der Waals surface area contributed by atoms with Gasteiger partial charge in [-0.1, -0.05) is 60.7 Å². The molecule has 0 atom stereocenters.